The van der Waals surface area contributed by atoms with Gasteiger partial charge >= 0.3 is 11.9 Å². The van der Waals surface area contributed by atoms with Gasteiger partial charge in [0.25, 0.3) is 0 Å². The van der Waals surface area contributed by atoms with Crippen LogP contribution >= 0.6 is 0 Å². The first-order valence-corrected chi connectivity index (χ1v) is 9.86. The summed E-state index contributed by atoms with van der Waals surface area (Å²) in [6.45, 7) is 1.89. The molecule has 3 rings (SSSR count). The fourth-order valence-electron chi connectivity index (χ4n) is 4.24. The van der Waals surface area contributed by atoms with E-state index < -0.39 is 11.9 Å². The zero-order valence-electron chi connectivity index (χ0n) is 16.0. The van der Waals surface area contributed by atoms with Crippen molar-refractivity contribution in [1.29, 1.82) is 0 Å². The van der Waals surface area contributed by atoms with Crippen LogP contribution in [0.5, 0.6) is 0 Å². The molecule has 28 heavy (non-hydrogen) atoms. The second-order valence-electron chi connectivity index (χ2n) is 7.51. The first-order chi connectivity index (χ1) is 13.5. The fourth-order valence-corrected chi connectivity index (χ4v) is 4.24. The molecule has 0 radical (unpaired) electrons. The van der Waals surface area contributed by atoms with E-state index in [9.17, 15) is 14.4 Å². The lowest BCUT2D eigenvalue weighted by Gasteiger charge is -2.33. The molecule has 0 spiro atoms. The molecule has 1 unspecified atom stereocenters. The van der Waals surface area contributed by atoms with Gasteiger partial charge in [-0.05, 0) is 38.7 Å². The standard InChI is InChI=1S/C22H26O6/c1-14-8-6-7-9-15-16(23)12-13-18-20(15)21(22(26)27-14)17(28-18)10-4-2-3-5-11-19(24)25/h2-5,10-11,14-15,18,20H,6-9,12-13H2,1H3,(H,24,25)/b3-2+,10-4+,11-5+/t14?,15-,18+,20+/m0/s1. The minimum absolute atomic E-state index is 0.166. The Kier molecular flexibility index (Phi) is 6.49. The van der Waals surface area contributed by atoms with Crippen LogP contribution in [-0.4, -0.2) is 35.0 Å². The number of rotatable bonds is 4. The summed E-state index contributed by atoms with van der Waals surface area (Å²) in [6, 6.07) is 0. The number of carbonyl (C=O) groups is 3. The number of carboxylic acid groups (broad SMARTS) is 1. The maximum Gasteiger partial charge on any atom is 0.338 e. The zero-order valence-corrected chi connectivity index (χ0v) is 16.0. The lowest BCUT2D eigenvalue weighted by Crippen LogP contribution is -2.39. The Balaban J connectivity index is 1.88. The molecular weight excluding hydrogens is 360 g/mol. The molecule has 2 heterocycles. The van der Waals surface area contributed by atoms with Gasteiger partial charge in [0.1, 0.15) is 17.6 Å². The average molecular weight is 386 g/mol. The average Bonchev–Trinajstić information content (AvgIpc) is 3.01. The molecule has 0 aromatic carbocycles. The van der Waals surface area contributed by atoms with E-state index in [1.165, 1.54) is 6.08 Å². The number of aliphatic carboxylic acids is 1. The first kappa shape index (κ1) is 20.1. The van der Waals surface area contributed by atoms with Crippen LogP contribution < -0.4 is 0 Å². The molecule has 4 atom stereocenters. The summed E-state index contributed by atoms with van der Waals surface area (Å²) in [7, 11) is 0. The molecule has 0 aromatic heterocycles. The van der Waals surface area contributed by atoms with Crippen molar-refractivity contribution < 1.29 is 29.0 Å². The zero-order chi connectivity index (χ0) is 20.1. The fraction of sp³-hybridized carbons (Fsp3) is 0.500. The molecule has 1 saturated heterocycles. The Morgan fingerprint density at radius 2 is 1.79 bits per heavy atom. The van der Waals surface area contributed by atoms with Crippen molar-refractivity contribution in [2.24, 2.45) is 11.8 Å². The van der Waals surface area contributed by atoms with Crippen LogP contribution in [0.25, 0.3) is 0 Å². The van der Waals surface area contributed by atoms with Crippen LogP contribution in [0.2, 0.25) is 0 Å². The second-order valence-corrected chi connectivity index (χ2v) is 7.51. The molecule has 0 bridgehead atoms. The van der Waals surface area contributed by atoms with Gasteiger partial charge in [-0.1, -0.05) is 30.7 Å². The van der Waals surface area contributed by atoms with Crippen molar-refractivity contribution in [1.82, 2.24) is 0 Å². The number of hydrogen-bond donors (Lipinski definition) is 1. The summed E-state index contributed by atoms with van der Waals surface area (Å²) in [6.07, 6.45) is 13.3. The van der Waals surface area contributed by atoms with Crippen LogP contribution in [0, 0.1) is 11.8 Å². The molecule has 0 amide bonds. The molecule has 0 aromatic rings. The van der Waals surface area contributed by atoms with Crippen LogP contribution in [0.1, 0.15) is 45.4 Å². The number of esters is 1. The number of hydrogen-bond acceptors (Lipinski definition) is 5. The SMILES string of the molecule is CC1CCCC[C@H]2C(=O)CC[C@H]3OC(/C=C/C=C/C=C/C(=O)O)=C(C(=O)O1)[C@@H]32. The maximum absolute atomic E-state index is 12.9. The normalized spacial score (nSPS) is 31.3. The number of ether oxygens (including phenoxy) is 2. The smallest absolute Gasteiger partial charge is 0.338 e. The Morgan fingerprint density at radius 3 is 2.57 bits per heavy atom. The lowest BCUT2D eigenvalue weighted by atomic mass is 9.71. The Bertz CT molecular complexity index is 757. The molecule has 3 aliphatic rings. The van der Waals surface area contributed by atoms with Crippen molar-refractivity contribution in [2.45, 2.75) is 57.7 Å². The van der Waals surface area contributed by atoms with Gasteiger partial charge in [0, 0.05) is 24.3 Å². The minimum atomic E-state index is -1.02. The number of Topliss-reactive ketones (excluding diaryl/α,β-unsaturated/α-hetero) is 1. The van der Waals surface area contributed by atoms with Crippen molar-refractivity contribution >= 4 is 17.7 Å². The summed E-state index contributed by atoms with van der Waals surface area (Å²) >= 11 is 0. The molecule has 2 aliphatic heterocycles. The molecular formula is C22H26O6. The molecule has 6 heteroatoms. The molecule has 1 aliphatic carbocycles. The van der Waals surface area contributed by atoms with Crippen LogP contribution in [0.4, 0.5) is 0 Å². The highest BCUT2D eigenvalue weighted by atomic mass is 16.5. The summed E-state index contributed by atoms with van der Waals surface area (Å²) in [5.41, 5.74) is 0.475. The van der Waals surface area contributed by atoms with E-state index >= 15 is 0 Å². The van der Waals surface area contributed by atoms with Crippen molar-refractivity contribution in [3.05, 3.63) is 47.8 Å². The lowest BCUT2D eigenvalue weighted by molar-refractivity contribution is -0.145. The van der Waals surface area contributed by atoms with E-state index in [4.69, 9.17) is 14.6 Å². The van der Waals surface area contributed by atoms with Crippen LogP contribution in [0.3, 0.4) is 0 Å². The van der Waals surface area contributed by atoms with E-state index in [-0.39, 0.29) is 29.8 Å². The summed E-state index contributed by atoms with van der Waals surface area (Å²) in [5, 5.41) is 8.58. The Morgan fingerprint density at radius 1 is 1.04 bits per heavy atom. The minimum Gasteiger partial charge on any atom is -0.489 e. The van der Waals surface area contributed by atoms with Gasteiger partial charge in [0.05, 0.1) is 11.7 Å². The van der Waals surface area contributed by atoms with Crippen molar-refractivity contribution in [3.63, 3.8) is 0 Å². The predicted octanol–water partition coefficient (Wildman–Crippen LogP) is 3.49. The molecule has 6 nitrogen and oxygen atoms in total. The van der Waals surface area contributed by atoms with E-state index in [1.807, 2.05) is 6.92 Å². The summed E-state index contributed by atoms with van der Waals surface area (Å²) in [4.78, 5) is 35.9. The van der Waals surface area contributed by atoms with Gasteiger partial charge in [0.15, 0.2) is 0 Å². The monoisotopic (exact) mass is 386 g/mol. The summed E-state index contributed by atoms with van der Waals surface area (Å²) < 4.78 is 11.7. The number of ketones is 1. The highest BCUT2D eigenvalue weighted by molar-refractivity contribution is 5.93. The third kappa shape index (κ3) is 4.61. The number of carbonyl (C=O) groups excluding carboxylic acids is 2. The molecule has 150 valence electrons. The maximum atomic E-state index is 12.9. The first-order valence-electron chi connectivity index (χ1n) is 9.86. The predicted molar refractivity (Wildman–Crippen MR) is 102 cm³/mol. The van der Waals surface area contributed by atoms with Gasteiger partial charge in [-0.3, -0.25) is 4.79 Å². The third-order valence-electron chi connectivity index (χ3n) is 5.52. The van der Waals surface area contributed by atoms with Crippen LogP contribution in [-0.2, 0) is 23.9 Å². The number of carboxylic acids is 1. The summed E-state index contributed by atoms with van der Waals surface area (Å²) in [5.74, 6) is -1.16. The topological polar surface area (TPSA) is 89.9 Å². The third-order valence-corrected chi connectivity index (χ3v) is 5.52. The Labute approximate surface area is 164 Å². The highest BCUT2D eigenvalue weighted by Gasteiger charge is 2.49. The van der Waals surface area contributed by atoms with Crippen LogP contribution in [0.15, 0.2) is 47.8 Å². The molecule has 1 saturated carbocycles. The molecule has 1 N–H and O–H groups in total. The van der Waals surface area contributed by atoms with E-state index in [0.717, 1.165) is 31.8 Å². The number of cyclic esters (lactones) is 1. The Hall–Kier alpha value is -2.63. The van der Waals surface area contributed by atoms with E-state index in [0.29, 0.717) is 24.2 Å². The van der Waals surface area contributed by atoms with Gasteiger partial charge in [0.2, 0.25) is 0 Å². The van der Waals surface area contributed by atoms with E-state index in [2.05, 4.69) is 0 Å². The van der Waals surface area contributed by atoms with Crippen molar-refractivity contribution in [3.8, 4) is 0 Å². The largest absolute Gasteiger partial charge is 0.489 e. The van der Waals surface area contributed by atoms with Crippen molar-refractivity contribution in [2.75, 3.05) is 0 Å². The van der Waals surface area contributed by atoms with Gasteiger partial charge in [-0.2, -0.15) is 0 Å². The van der Waals surface area contributed by atoms with Gasteiger partial charge in [-0.25, -0.2) is 9.59 Å². The second kappa shape index (κ2) is 9.04. The van der Waals surface area contributed by atoms with Gasteiger partial charge < -0.3 is 14.6 Å². The highest BCUT2D eigenvalue weighted by Crippen LogP contribution is 2.45. The van der Waals surface area contributed by atoms with E-state index in [1.54, 1.807) is 24.3 Å². The quantitative estimate of drug-likeness (QED) is 0.452. The van der Waals surface area contributed by atoms with Gasteiger partial charge in [-0.15, -0.1) is 0 Å². The molecule has 2 fully saturated rings. The number of allylic oxidation sites excluding steroid dienone is 5.